The van der Waals surface area contributed by atoms with Crippen molar-refractivity contribution in [2.24, 2.45) is 0 Å². The Morgan fingerprint density at radius 2 is 1.79 bits per heavy atom. The minimum absolute atomic E-state index is 0.169. The highest BCUT2D eigenvalue weighted by atomic mass is 32.1. The van der Waals surface area contributed by atoms with Crippen LogP contribution in [0, 0.1) is 0 Å². The highest BCUT2D eigenvalue weighted by molar-refractivity contribution is 7.15. The van der Waals surface area contributed by atoms with Gasteiger partial charge in [-0.05, 0) is 42.5 Å². The summed E-state index contributed by atoms with van der Waals surface area (Å²) in [4.78, 5) is 29.4. The molecule has 7 nitrogen and oxygen atoms in total. The number of aromatic nitrogens is 2. The Kier molecular flexibility index (Phi) is 5.01. The normalized spacial score (nSPS) is 10.7. The summed E-state index contributed by atoms with van der Waals surface area (Å²) in [6.07, 6.45) is 1.84. The van der Waals surface area contributed by atoms with Crippen LogP contribution in [0.3, 0.4) is 0 Å². The first kappa shape index (κ1) is 18.7. The predicted molar refractivity (Wildman–Crippen MR) is 114 cm³/mol. The third-order valence-corrected chi connectivity index (χ3v) is 5.11. The van der Waals surface area contributed by atoms with E-state index in [1.807, 2.05) is 30.5 Å². The smallest absolute Gasteiger partial charge is 0.273 e. The zero-order chi connectivity index (χ0) is 20.4. The number of methoxy groups -OCH3 is 1. The number of benzene rings is 2. The number of thiazole rings is 1. The third-order valence-electron chi connectivity index (χ3n) is 4.27. The van der Waals surface area contributed by atoms with Crippen LogP contribution in [0.4, 0.5) is 11.4 Å². The molecule has 4 aromatic rings. The summed E-state index contributed by atoms with van der Waals surface area (Å²) >= 11 is 1.40. The first-order chi connectivity index (χ1) is 14.0. The lowest BCUT2D eigenvalue weighted by atomic mass is 10.2. The number of carbonyl (C=O) groups is 2. The first-order valence-electron chi connectivity index (χ1n) is 8.83. The largest absolute Gasteiger partial charge is 0.497 e. The maximum absolute atomic E-state index is 12.8. The molecule has 8 heteroatoms. The summed E-state index contributed by atoms with van der Waals surface area (Å²) in [6.45, 7) is 1.44. The monoisotopic (exact) mass is 406 g/mol. The van der Waals surface area contributed by atoms with E-state index >= 15 is 0 Å². The van der Waals surface area contributed by atoms with Crippen LogP contribution < -0.4 is 15.4 Å². The van der Waals surface area contributed by atoms with Gasteiger partial charge in [0, 0.05) is 35.4 Å². The number of anilines is 2. The van der Waals surface area contributed by atoms with E-state index in [0.717, 1.165) is 22.0 Å². The van der Waals surface area contributed by atoms with Crippen LogP contribution in [0.15, 0.2) is 60.1 Å². The Bertz CT molecular complexity index is 1190. The van der Waals surface area contributed by atoms with E-state index in [1.165, 1.54) is 18.3 Å². The summed E-state index contributed by atoms with van der Waals surface area (Å²) in [7, 11) is 1.62. The molecule has 0 aliphatic carbocycles. The lowest BCUT2D eigenvalue weighted by molar-refractivity contribution is -0.114. The van der Waals surface area contributed by atoms with Crippen LogP contribution in [-0.2, 0) is 4.79 Å². The van der Waals surface area contributed by atoms with Gasteiger partial charge in [-0.2, -0.15) is 0 Å². The summed E-state index contributed by atoms with van der Waals surface area (Å²) in [5.41, 5.74) is 3.42. The number of nitrogens with one attached hydrogen (secondary N) is 2. The standard InChI is InChI=1S/C21H18N4O3S/c1-13(26)22-15-4-3-5-16(10-15)23-20(27)19-12-29-21-24-18(11-25(19)21)14-6-8-17(28-2)9-7-14/h3-12H,1-2H3,(H,22,26)(H,23,27). The molecule has 4 rings (SSSR count). The van der Waals surface area contributed by atoms with Crippen molar-refractivity contribution >= 4 is 39.5 Å². The van der Waals surface area contributed by atoms with Crippen molar-refractivity contribution in [3.05, 3.63) is 65.8 Å². The average Bonchev–Trinajstić information content (AvgIpc) is 3.28. The molecule has 2 N–H and O–H groups in total. The number of hydrogen-bond acceptors (Lipinski definition) is 5. The SMILES string of the molecule is COc1ccc(-c2cn3c(C(=O)Nc4cccc(NC(C)=O)c4)csc3n2)cc1. The van der Waals surface area contributed by atoms with Crippen molar-refractivity contribution in [1.29, 1.82) is 0 Å². The molecule has 0 saturated heterocycles. The Morgan fingerprint density at radius 3 is 2.48 bits per heavy atom. The lowest BCUT2D eigenvalue weighted by Gasteiger charge is -2.07. The maximum atomic E-state index is 12.8. The molecule has 146 valence electrons. The van der Waals surface area contributed by atoms with Gasteiger partial charge in [0.15, 0.2) is 4.96 Å². The number of fused-ring (bicyclic) bond motifs is 1. The summed E-state index contributed by atoms with van der Waals surface area (Å²) in [5, 5.41) is 7.34. The van der Waals surface area contributed by atoms with E-state index in [1.54, 1.807) is 41.2 Å². The fraction of sp³-hybridized carbons (Fsp3) is 0.0952. The Hall–Kier alpha value is -3.65. The summed E-state index contributed by atoms with van der Waals surface area (Å²) in [6, 6.07) is 14.6. The van der Waals surface area contributed by atoms with E-state index in [4.69, 9.17) is 4.74 Å². The molecule has 2 aromatic heterocycles. The highest BCUT2D eigenvalue weighted by Gasteiger charge is 2.16. The molecular formula is C21H18N4O3S. The van der Waals surface area contributed by atoms with Gasteiger partial charge in [-0.1, -0.05) is 6.07 Å². The molecule has 2 amide bonds. The van der Waals surface area contributed by atoms with Crippen molar-refractivity contribution in [3.63, 3.8) is 0 Å². The Morgan fingerprint density at radius 1 is 1.07 bits per heavy atom. The van der Waals surface area contributed by atoms with Crippen molar-refractivity contribution in [3.8, 4) is 17.0 Å². The molecule has 0 atom stereocenters. The number of nitrogens with zero attached hydrogens (tertiary/aromatic N) is 2. The Balaban J connectivity index is 1.58. The van der Waals surface area contributed by atoms with Gasteiger partial charge in [0.25, 0.3) is 5.91 Å². The Labute approximate surface area is 171 Å². The maximum Gasteiger partial charge on any atom is 0.273 e. The molecular weight excluding hydrogens is 388 g/mol. The molecule has 0 fully saturated rings. The third kappa shape index (κ3) is 3.97. The summed E-state index contributed by atoms with van der Waals surface area (Å²) in [5.74, 6) is 0.351. The molecule has 0 bridgehead atoms. The van der Waals surface area contributed by atoms with Crippen molar-refractivity contribution in [2.45, 2.75) is 6.92 Å². The van der Waals surface area contributed by atoms with E-state index in [0.29, 0.717) is 17.1 Å². The predicted octanol–water partition coefficient (Wildman–Crippen LogP) is 4.28. The zero-order valence-electron chi connectivity index (χ0n) is 15.8. The number of rotatable bonds is 5. The van der Waals surface area contributed by atoms with Crippen molar-refractivity contribution in [1.82, 2.24) is 9.38 Å². The first-order valence-corrected chi connectivity index (χ1v) is 9.71. The van der Waals surface area contributed by atoms with E-state index in [-0.39, 0.29) is 11.8 Å². The molecule has 0 radical (unpaired) electrons. The van der Waals surface area contributed by atoms with Gasteiger partial charge in [0.2, 0.25) is 5.91 Å². The van der Waals surface area contributed by atoms with Gasteiger partial charge in [-0.15, -0.1) is 11.3 Å². The van der Waals surface area contributed by atoms with Crippen molar-refractivity contribution < 1.29 is 14.3 Å². The van der Waals surface area contributed by atoms with E-state index in [2.05, 4.69) is 15.6 Å². The van der Waals surface area contributed by atoms with Crippen LogP contribution in [-0.4, -0.2) is 28.3 Å². The molecule has 2 aromatic carbocycles. The van der Waals surface area contributed by atoms with Gasteiger partial charge in [-0.3, -0.25) is 14.0 Å². The fourth-order valence-electron chi connectivity index (χ4n) is 2.92. The molecule has 0 saturated carbocycles. The highest BCUT2D eigenvalue weighted by Crippen LogP contribution is 2.26. The summed E-state index contributed by atoms with van der Waals surface area (Å²) < 4.78 is 6.96. The van der Waals surface area contributed by atoms with Crippen LogP contribution >= 0.6 is 11.3 Å². The van der Waals surface area contributed by atoms with Crippen LogP contribution in [0.5, 0.6) is 5.75 Å². The van der Waals surface area contributed by atoms with Gasteiger partial charge in [-0.25, -0.2) is 4.98 Å². The van der Waals surface area contributed by atoms with Gasteiger partial charge < -0.3 is 15.4 Å². The fourth-order valence-corrected chi connectivity index (χ4v) is 3.77. The van der Waals surface area contributed by atoms with Crippen LogP contribution in [0.2, 0.25) is 0 Å². The average molecular weight is 406 g/mol. The number of hydrogen-bond donors (Lipinski definition) is 2. The topological polar surface area (TPSA) is 84.7 Å². The minimum Gasteiger partial charge on any atom is -0.497 e. The second-order valence-corrected chi connectivity index (χ2v) is 7.18. The molecule has 0 unspecified atom stereocenters. The number of ether oxygens (including phenoxy) is 1. The number of carbonyl (C=O) groups excluding carboxylic acids is 2. The quantitative estimate of drug-likeness (QED) is 0.518. The van der Waals surface area contributed by atoms with Gasteiger partial charge >= 0.3 is 0 Å². The van der Waals surface area contributed by atoms with E-state index < -0.39 is 0 Å². The van der Waals surface area contributed by atoms with Crippen LogP contribution in [0.25, 0.3) is 16.2 Å². The second-order valence-electron chi connectivity index (χ2n) is 6.34. The van der Waals surface area contributed by atoms with Crippen LogP contribution in [0.1, 0.15) is 17.4 Å². The number of amides is 2. The molecule has 2 heterocycles. The van der Waals surface area contributed by atoms with E-state index in [9.17, 15) is 9.59 Å². The zero-order valence-corrected chi connectivity index (χ0v) is 16.6. The number of imidazole rings is 1. The minimum atomic E-state index is -0.255. The second kappa shape index (κ2) is 7.76. The lowest BCUT2D eigenvalue weighted by Crippen LogP contribution is -2.14. The molecule has 29 heavy (non-hydrogen) atoms. The van der Waals surface area contributed by atoms with Gasteiger partial charge in [0.1, 0.15) is 11.4 Å². The van der Waals surface area contributed by atoms with Gasteiger partial charge in [0.05, 0.1) is 12.8 Å². The molecule has 0 aliphatic rings. The molecule has 0 aliphatic heterocycles. The molecule has 0 spiro atoms. The van der Waals surface area contributed by atoms with Crippen molar-refractivity contribution in [2.75, 3.05) is 17.7 Å².